The molecule has 2 aromatic rings. The Morgan fingerprint density at radius 1 is 1.14 bits per heavy atom. The van der Waals surface area contributed by atoms with Gasteiger partial charge in [-0.15, -0.1) is 9.78 Å². The molecule has 1 saturated carbocycles. The van der Waals surface area contributed by atoms with E-state index in [4.69, 9.17) is 34.7 Å². The summed E-state index contributed by atoms with van der Waals surface area (Å²) in [5, 5.41) is 44.4. The minimum absolute atomic E-state index is 0.0569. The van der Waals surface area contributed by atoms with Crippen LogP contribution in [0.3, 0.4) is 0 Å². The van der Waals surface area contributed by atoms with Crippen LogP contribution in [0.2, 0.25) is 10.0 Å². The van der Waals surface area contributed by atoms with Crippen molar-refractivity contribution in [3.8, 4) is 11.3 Å². The van der Waals surface area contributed by atoms with Crippen LogP contribution in [0.4, 0.5) is 11.8 Å². The van der Waals surface area contributed by atoms with E-state index in [1.54, 1.807) is 18.2 Å². The van der Waals surface area contributed by atoms with E-state index in [1.807, 2.05) is 0 Å². The highest BCUT2D eigenvalue weighted by atomic mass is 35.5. The number of rotatable bonds is 3. The van der Waals surface area contributed by atoms with E-state index >= 15 is 0 Å². The molecule has 150 valence electrons. The number of aliphatic carboxylic acids is 1. The van der Waals surface area contributed by atoms with Gasteiger partial charge in [-0.1, -0.05) is 35.3 Å². The lowest BCUT2D eigenvalue weighted by Crippen LogP contribution is -2.62. The average molecular weight is 431 g/mol. The van der Waals surface area contributed by atoms with Crippen LogP contribution < -0.4 is 16.1 Å². The molecule has 5 atom stereocenters. The molecule has 0 aliphatic heterocycles. The lowest BCUT2D eigenvalue weighted by Gasteiger charge is -2.37. The molecule has 1 aliphatic carbocycles. The largest absolute Gasteiger partial charge is 0.481 e. The van der Waals surface area contributed by atoms with Crippen LogP contribution in [-0.2, 0) is 4.79 Å². The van der Waals surface area contributed by atoms with Gasteiger partial charge < -0.3 is 26.2 Å². The van der Waals surface area contributed by atoms with Gasteiger partial charge in [-0.2, -0.15) is 0 Å². The molecule has 8 N–H and O–H groups in total. The molecule has 0 unspecified atom stereocenters. The normalized spacial score (nSPS) is 27.5. The van der Waals surface area contributed by atoms with Crippen molar-refractivity contribution in [1.82, 2.24) is 10.1 Å². The monoisotopic (exact) mass is 430 g/mol. The quantitative estimate of drug-likeness (QED) is 0.354. The molecule has 0 spiro atoms. The Balaban J connectivity index is 2.12. The van der Waals surface area contributed by atoms with Crippen LogP contribution in [0.5, 0.6) is 0 Å². The molecular weight excluding hydrogens is 413 g/mol. The van der Waals surface area contributed by atoms with Gasteiger partial charge in [0.15, 0.2) is 5.69 Å². The van der Waals surface area contributed by atoms with Crippen molar-refractivity contribution in [3.05, 3.63) is 28.2 Å². The molecule has 0 amide bonds. The molecule has 0 radical (unpaired) electrons. The van der Waals surface area contributed by atoms with Gasteiger partial charge in [0.05, 0.1) is 22.1 Å². The van der Waals surface area contributed by atoms with Crippen LogP contribution in [0.1, 0.15) is 12.5 Å². The fourth-order valence-corrected chi connectivity index (χ4v) is 3.65. The minimum atomic E-state index is -1.72. The van der Waals surface area contributed by atoms with Crippen molar-refractivity contribution in [3.63, 3.8) is 0 Å². The number of nitrogen functional groups attached to an aromatic ring is 2. The summed E-state index contributed by atoms with van der Waals surface area (Å²) in [5.41, 5.74) is 12.3. The number of carboxylic acid groups (broad SMARTS) is 1. The highest BCUT2D eigenvalue weighted by Gasteiger charge is 2.49. The molecule has 1 aromatic carbocycles. The summed E-state index contributed by atoms with van der Waals surface area (Å²) in [7, 11) is 0. The summed E-state index contributed by atoms with van der Waals surface area (Å²) in [6, 6.07) is 3.72. The first-order valence-electron chi connectivity index (χ1n) is 8.19. The Labute approximate surface area is 168 Å². The minimum Gasteiger partial charge on any atom is -0.481 e. The van der Waals surface area contributed by atoms with Crippen molar-refractivity contribution < 1.29 is 29.9 Å². The second-order valence-electron chi connectivity index (χ2n) is 6.47. The first kappa shape index (κ1) is 20.5. The van der Waals surface area contributed by atoms with E-state index in [0.717, 1.165) is 4.68 Å². The third-order valence-electron chi connectivity index (χ3n) is 4.76. The van der Waals surface area contributed by atoms with Crippen molar-refractivity contribution >= 4 is 40.9 Å². The second kappa shape index (κ2) is 7.64. The van der Waals surface area contributed by atoms with Crippen molar-refractivity contribution in [2.75, 3.05) is 11.5 Å². The van der Waals surface area contributed by atoms with Crippen LogP contribution in [0.25, 0.3) is 11.3 Å². The fraction of sp³-hybridized carbons (Fsp3) is 0.375. The van der Waals surface area contributed by atoms with E-state index in [2.05, 4.69) is 10.1 Å². The summed E-state index contributed by atoms with van der Waals surface area (Å²) in [5.74, 6) is -2.94. The number of halogens is 2. The predicted octanol–water partition coefficient (Wildman–Crippen LogP) is -0.369. The third kappa shape index (κ3) is 3.45. The van der Waals surface area contributed by atoms with E-state index in [1.165, 1.54) is 0 Å². The van der Waals surface area contributed by atoms with Crippen LogP contribution in [0.15, 0.2) is 18.2 Å². The van der Waals surface area contributed by atoms with E-state index < -0.39 is 36.2 Å². The maximum atomic E-state index is 11.4. The Kier molecular flexibility index (Phi) is 5.60. The highest BCUT2D eigenvalue weighted by molar-refractivity contribution is 6.43. The molecule has 1 aliphatic rings. The maximum Gasteiger partial charge on any atom is 0.411 e. The molecule has 1 aromatic heterocycles. The lowest BCUT2D eigenvalue weighted by atomic mass is 9.79. The van der Waals surface area contributed by atoms with Gasteiger partial charge in [0.1, 0.15) is 18.2 Å². The van der Waals surface area contributed by atoms with Gasteiger partial charge in [-0.25, -0.2) is 0 Å². The number of aromatic nitrogens is 3. The van der Waals surface area contributed by atoms with Crippen molar-refractivity contribution in [2.24, 2.45) is 5.92 Å². The van der Waals surface area contributed by atoms with Crippen LogP contribution in [0, 0.1) is 5.92 Å². The molecule has 0 saturated heterocycles. The number of hydrogen-bond donors (Lipinski definition) is 6. The summed E-state index contributed by atoms with van der Waals surface area (Å²) in [4.78, 5) is 15.4. The molecule has 10 nitrogen and oxygen atoms in total. The molecular formula is C16H18Cl2N5O5+. The number of nitrogens with two attached hydrogens (primary N) is 2. The van der Waals surface area contributed by atoms with Gasteiger partial charge in [-0.05, 0) is 11.1 Å². The number of aliphatic hydroxyl groups excluding tert-OH is 3. The number of carbonyl (C=O) groups is 1. The number of hydrogen-bond acceptors (Lipinski definition) is 8. The summed E-state index contributed by atoms with van der Waals surface area (Å²) < 4.78 is 1.07. The number of benzene rings is 1. The average Bonchev–Trinajstić information content (AvgIpc) is 2.63. The zero-order valence-corrected chi connectivity index (χ0v) is 15.8. The first-order valence-corrected chi connectivity index (χ1v) is 8.95. The van der Waals surface area contributed by atoms with E-state index in [9.17, 15) is 25.2 Å². The smallest absolute Gasteiger partial charge is 0.411 e. The summed E-state index contributed by atoms with van der Waals surface area (Å²) >= 11 is 12.2. The second-order valence-corrected chi connectivity index (χ2v) is 7.25. The summed E-state index contributed by atoms with van der Waals surface area (Å²) in [6.07, 6.45) is -5.15. The molecule has 3 rings (SSSR count). The van der Waals surface area contributed by atoms with Gasteiger partial charge in [0.25, 0.3) is 0 Å². The predicted molar refractivity (Wildman–Crippen MR) is 99.3 cm³/mol. The molecule has 1 fully saturated rings. The number of carboxylic acids is 1. The Bertz CT molecular complexity index is 931. The molecule has 12 heteroatoms. The lowest BCUT2D eigenvalue weighted by molar-refractivity contribution is -0.776. The third-order valence-corrected chi connectivity index (χ3v) is 5.58. The number of aliphatic hydroxyl groups is 3. The number of anilines is 2. The van der Waals surface area contributed by atoms with Crippen LogP contribution >= 0.6 is 23.2 Å². The van der Waals surface area contributed by atoms with Crippen molar-refractivity contribution in [2.45, 2.75) is 30.8 Å². The summed E-state index contributed by atoms with van der Waals surface area (Å²) in [6.45, 7) is 0. The van der Waals surface area contributed by atoms with E-state index in [-0.39, 0.29) is 33.9 Å². The van der Waals surface area contributed by atoms with Gasteiger partial charge >= 0.3 is 11.9 Å². The highest BCUT2D eigenvalue weighted by Crippen LogP contribution is 2.35. The molecule has 1 heterocycles. The maximum absolute atomic E-state index is 11.4. The zero-order chi connectivity index (χ0) is 20.7. The topological polar surface area (TPSA) is 180 Å². The number of nitrogens with zero attached hydrogens (tertiary/aromatic N) is 3. The standard InChI is InChI=1S/C16H17Cl2N5O5/c17-7-3-1-2-5(9(7)18)10-14(19)21-16(20)23(22-10)8-4-6(15(27)28)11(24)13(26)12(8)25/h1-3,6,8,11-13,24-26H,4H2,(H4,19,20,21,27,28)/p+1/t6-,8+,11+,12-,13-/m0/s1. The zero-order valence-electron chi connectivity index (χ0n) is 14.3. The SMILES string of the molecule is Nc1nc(N)[n+]([C@@H]2C[C@H](C(=O)O)[C@@H](O)[C@H](O)[C@H]2O)nc1-c1cccc(Cl)c1Cl. The van der Waals surface area contributed by atoms with Gasteiger partial charge in [-0.3, -0.25) is 10.5 Å². The molecule has 0 bridgehead atoms. The molecule has 28 heavy (non-hydrogen) atoms. The Morgan fingerprint density at radius 2 is 1.82 bits per heavy atom. The Morgan fingerprint density at radius 3 is 2.46 bits per heavy atom. The van der Waals surface area contributed by atoms with Crippen molar-refractivity contribution in [1.29, 1.82) is 0 Å². The van der Waals surface area contributed by atoms with E-state index in [0.29, 0.717) is 5.56 Å². The fourth-order valence-electron chi connectivity index (χ4n) is 3.26. The Hall–Kier alpha value is -2.24. The van der Waals surface area contributed by atoms with Gasteiger partial charge in [0, 0.05) is 12.0 Å². The van der Waals surface area contributed by atoms with Crippen LogP contribution in [-0.4, -0.2) is 54.8 Å². The first-order chi connectivity index (χ1) is 13.1. The van der Waals surface area contributed by atoms with Gasteiger partial charge in [0.2, 0.25) is 5.82 Å².